The summed E-state index contributed by atoms with van der Waals surface area (Å²) >= 11 is 0. The number of nitrogens with two attached hydrogens (primary N) is 1. The summed E-state index contributed by atoms with van der Waals surface area (Å²) in [6.07, 6.45) is -0.649. The standard InChI is InChI=1S/C11H14N2O6S/c1-19-8-4-2-3-5-9(8)20(17,18)13-7(11(15)16)6-10(12)14/h2-5,7,13H,6H2,1H3,(H2,12,14)(H,15,16)/t7-/m0/s1. The number of aliphatic carboxylic acids is 1. The average Bonchev–Trinajstić information content (AvgIpc) is 2.37. The lowest BCUT2D eigenvalue weighted by molar-refractivity contribution is -0.140. The van der Waals surface area contributed by atoms with Crippen LogP contribution in [-0.4, -0.2) is 38.6 Å². The van der Waals surface area contributed by atoms with E-state index in [4.69, 9.17) is 15.6 Å². The number of benzene rings is 1. The van der Waals surface area contributed by atoms with Crippen molar-refractivity contribution in [3.63, 3.8) is 0 Å². The van der Waals surface area contributed by atoms with Gasteiger partial charge in [0.15, 0.2) is 0 Å². The first-order valence-electron chi connectivity index (χ1n) is 5.44. The zero-order chi connectivity index (χ0) is 15.3. The number of hydrogen-bond acceptors (Lipinski definition) is 5. The van der Waals surface area contributed by atoms with E-state index in [0.717, 1.165) is 0 Å². The normalized spacial score (nSPS) is 12.7. The summed E-state index contributed by atoms with van der Waals surface area (Å²) in [5.74, 6) is -2.37. The first kappa shape index (κ1) is 15.9. The lowest BCUT2D eigenvalue weighted by atomic mass is 10.2. The van der Waals surface area contributed by atoms with Gasteiger partial charge in [0, 0.05) is 0 Å². The Hall–Kier alpha value is -2.13. The third-order valence-electron chi connectivity index (χ3n) is 2.36. The fourth-order valence-electron chi connectivity index (χ4n) is 1.47. The van der Waals surface area contributed by atoms with Gasteiger partial charge in [0.25, 0.3) is 0 Å². The molecule has 0 unspecified atom stereocenters. The summed E-state index contributed by atoms with van der Waals surface area (Å²) in [5, 5.41) is 8.89. The summed E-state index contributed by atoms with van der Waals surface area (Å²) in [5.41, 5.74) is 4.88. The van der Waals surface area contributed by atoms with E-state index in [1.807, 2.05) is 4.72 Å². The summed E-state index contributed by atoms with van der Waals surface area (Å²) in [4.78, 5) is 21.5. The van der Waals surface area contributed by atoms with Gasteiger partial charge in [-0.3, -0.25) is 9.59 Å². The number of carbonyl (C=O) groups excluding carboxylic acids is 1. The molecule has 20 heavy (non-hydrogen) atoms. The fraction of sp³-hybridized carbons (Fsp3) is 0.273. The van der Waals surface area contributed by atoms with Crippen LogP contribution in [0.25, 0.3) is 0 Å². The van der Waals surface area contributed by atoms with Gasteiger partial charge in [0.05, 0.1) is 13.5 Å². The number of amides is 1. The first-order valence-corrected chi connectivity index (χ1v) is 6.92. The van der Waals surface area contributed by atoms with Gasteiger partial charge >= 0.3 is 5.97 Å². The Morgan fingerprint density at radius 1 is 1.40 bits per heavy atom. The Balaban J connectivity index is 3.09. The van der Waals surface area contributed by atoms with Crippen LogP contribution in [-0.2, 0) is 19.6 Å². The van der Waals surface area contributed by atoms with Crippen molar-refractivity contribution in [2.24, 2.45) is 5.73 Å². The zero-order valence-corrected chi connectivity index (χ0v) is 11.4. The van der Waals surface area contributed by atoms with Crippen molar-refractivity contribution in [1.29, 1.82) is 0 Å². The second-order valence-electron chi connectivity index (χ2n) is 3.83. The Kier molecular flexibility index (Phi) is 5.06. The zero-order valence-electron chi connectivity index (χ0n) is 10.6. The highest BCUT2D eigenvalue weighted by Crippen LogP contribution is 2.22. The largest absolute Gasteiger partial charge is 0.495 e. The molecule has 0 spiro atoms. The molecule has 0 bridgehead atoms. The SMILES string of the molecule is COc1ccccc1S(=O)(=O)N[C@@H](CC(N)=O)C(=O)O. The van der Waals surface area contributed by atoms with Gasteiger partial charge in [-0.25, -0.2) is 8.42 Å². The van der Waals surface area contributed by atoms with Crippen molar-refractivity contribution in [2.75, 3.05) is 7.11 Å². The molecular formula is C11H14N2O6S. The molecule has 1 aromatic rings. The van der Waals surface area contributed by atoms with Gasteiger partial charge in [-0.05, 0) is 12.1 Å². The summed E-state index contributed by atoms with van der Waals surface area (Å²) < 4.78 is 31.0. The molecule has 0 aromatic heterocycles. The molecule has 8 nitrogen and oxygen atoms in total. The van der Waals surface area contributed by atoms with E-state index in [1.165, 1.54) is 25.3 Å². The Labute approximate surface area is 115 Å². The number of rotatable bonds is 7. The maximum Gasteiger partial charge on any atom is 0.322 e. The number of primary amides is 1. The van der Waals surface area contributed by atoms with E-state index in [-0.39, 0.29) is 10.6 Å². The smallest absolute Gasteiger partial charge is 0.322 e. The molecule has 0 fully saturated rings. The molecule has 9 heteroatoms. The van der Waals surface area contributed by atoms with Gasteiger partial charge in [0.2, 0.25) is 15.9 Å². The molecule has 0 aliphatic carbocycles. The van der Waals surface area contributed by atoms with E-state index in [9.17, 15) is 18.0 Å². The van der Waals surface area contributed by atoms with Crippen molar-refractivity contribution in [1.82, 2.24) is 4.72 Å². The molecule has 0 heterocycles. The van der Waals surface area contributed by atoms with Crippen molar-refractivity contribution in [3.05, 3.63) is 24.3 Å². The van der Waals surface area contributed by atoms with Crippen molar-refractivity contribution in [2.45, 2.75) is 17.4 Å². The topological polar surface area (TPSA) is 136 Å². The molecule has 0 radical (unpaired) electrons. The minimum absolute atomic E-state index is 0.0585. The molecule has 1 amide bonds. The average molecular weight is 302 g/mol. The van der Waals surface area contributed by atoms with Gasteiger partial charge in [-0.15, -0.1) is 0 Å². The van der Waals surface area contributed by atoms with Crippen LogP contribution >= 0.6 is 0 Å². The number of para-hydroxylation sites is 1. The predicted octanol–water partition coefficient (Wildman–Crippen LogP) is -0.698. The maximum atomic E-state index is 12.1. The van der Waals surface area contributed by atoms with Crippen LogP contribution in [0.3, 0.4) is 0 Å². The Morgan fingerprint density at radius 2 is 2.00 bits per heavy atom. The predicted molar refractivity (Wildman–Crippen MR) is 68.6 cm³/mol. The van der Waals surface area contributed by atoms with Crippen LogP contribution in [0.1, 0.15) is 6.42 Å². The number of hydrogen-bond donors (Lipinski definition) is 3. The molecule has 0 aliphatic heterocycles. The van der Waals surface area contributed by atoms with E-state index < -0.39 is 34.4 Å². The number of sulfonamides is 1. The van der Waals surface area contributed by atoms with Gasteiger partial charge in [0.1, 0.15) is 16.7 Å². The van der Waals surface area contributed by atoms with Gasteiger partial charge in [-0.1, -0.05) is 12.1 Å². The minimum atomic E-state index is -4.16. The van der Waals surface area contributed by atoms with Crippen molar-refractivity contribution >= 4 is 21.9 Å². The lowest BCUT2D eigenvalue weighted by Crippen LogP contribution is -2.43. The number of carbonyl (C=O) groups is 2. The molecule has 0 saturated heterocycles. The first-order chi connectivity index (χ1) is 9.27. The highest BCUT2D eigenvalue weighted by Gasteiger charge is 2.28. The van der Waals surface area contributed by atoms with Crippen LogP contribution in [0.5, 0.6) is 5.75 Å². The van der Waals surface area contributed by atoms with E-state index in [0.29, 0.717) is 0 Å². The third kappa shape index (κ3) is 3.93. The van der Waals surface area contributed by atoms with Crippen LogP contribution in [0.2, 0.25) is 0 Å². The third-order valence-corrected chi connectivity index (χ3v) is 3.87. The summed E-state index contributed by atoms with van der Waals surface area (Å²) in [7, 11) is -2.87. The monoisotopic (exact) mass is 302 g/mol. The molecule has 4 N–H and O–H groups in total. The molecule has 110 valence electrons. The Morgan fingerprint density at radius 3 is 2.50 bits per heavy atom. The summed E-state index contributed by atoms with van der Waals surface area (Å²) in [6.45, 7) is 0. The number of ether oxygens (including phenoxy) is 1. The number of carboxylic acids is 1. The van der Waals surface area contributed by atoms with Crippen molar-refractivity contribution < 1.29 is 27.9 Å². The Bertz CT molecular complexity index is 613. The quantitative estimate of drug-likeness (QED) is 0.609. The molecule has 1 rings (SSSR count). The highest BCUT2D eigenvalue weighted by atomic mass is 32.2. The number of carboxylic acid groups (broad SMARTS) is 1. The second-order valence-corrected chi connectivity index (χ2v) is 5.52. The van der Waals surface area contributed by atoms with Crippen LogP contribution in [0, 0.1) is 0 Å². The van der Waals surface area contributed by atoms with Crippen LogP contribution < -0.4 is 15.2 Å². The van der Waals surface area contributed by atoms with E-state index in [1.54, 1.807) is 6.07 Å². The van der Waals surface area contributed by atoms with Crippen LogP contribution in [0.4, 0.5) is 0 Å². The fourth-order valence-corrected chi connectivity index (χ4v) is 2.83. The molecule has 0 saturated carbocycles. The highest BCUT2D eigenvalue weighted by molar-refractivity contribution is 7.89. The minimum Gasteiger partial charge on any atom is -0.495 e. The van der Waals surface area contributed by atoms with Crippen LogP contribution in [0.15, 0.2) is 29.2 Å². The van der Waals surface area contributed by atoms with E-state index in [2.05, 4.69) is 0 Å². The van der Waals surface area contributed by atoms with Gasteiger partial charge < -0.3 is 15.6 Å². The molecular weight excluding hydrogens is 288 g/mol. The molecule has 1 aromatic carbocycles. The lowest BCUT2D eigenvalue weighted by Gasteiger charge is -2.14. The second kappa shape index (κ2) is 6.35. The molecule has 0 aliphatic rings. The van der Waals surface area contributed by atoms with Gasteiger partial charge in [-0.2, -0.15) is 4.72 Å². The number of methoxy groups -OCH3 is 1. The molecule has 1 atom stereocenters. The number of nitrogens with one attached hydrogen (secondary N) is 1. The maximum absolute atomic E-state index is 12.1. The summed E-state index contributed by atoms with van der Waals surface area (Å²) in [6, 6.07) is 4.06. The van der Waals surface area contributed by atoms with Crippen molar-refractivity contribution in [3.8, 4) is 5.75 Å². The van der Waals surface area contributed by atoms with E-state index >= 15 is 0 Å².